The first-order valence-electron chi connectivity index (χ1n) is 10.5. The van der Waals surface area contributed by atoms with Gasteiger partial charge in [0, 0.05) is 24.5 Å². The maximum atomic E-state index is 13.7. The van der Waals surface area contributed by atoms with Crippen LogP contribution in [0.15, 0.2) is 59.3 Å². The molecule has 4 heterocycles. The lowest BCUT2D eigenvalue weighted by Crippen LogP contribution is -2.49. The van der Waals surface area contributed by atoms with E-state index in [0.29, 0.717) is 6.54 Å². The van der Waals surface area contributed by atoms with Crippen molar-refractivity contribution in [3.05, 3.63) is 80.2 Å². The summed E-state index contributed by atoms with van der Waals surface area (Å²) < 4.78 is 0. The maximum absolute atomic E-state index is 13.7. The van der Waals surface area contributed by atoms with Crippen LogP contribution < -0.4 is 0 Å². The fourth-order valence-corrected chi connectivity index (χ4v) is 6.30. The Labute approximate surface area is 184 Å². The Morgan fingerprint density at radius 3 is 2.60 bits per heavy atom. The van der Waals surface area contributed by atoms with E-state index >= 15 is 0 Å². The summed E-state index contributed by atoms with van der Waals surface area (Å²) in [6.45, 7) is 1.99. The summed E-state index contributed by atoms with van der Waals surface area (Å²) in [6.07, 6.45) is 2.63. The topological polar surface area (TPSA) is 40.6 Å². The Bertz CT molecular complexity index is 1030. The average molecular weight is 437 g/mol. The largest absolute Gasteiger partial charge is 0.337 e. The lowest BCUT2D eigenvalue weighted by Gasteiger charge is -2.40. The third-order valence-electron chi connectivity index (χ3n) is 6.15. The Morgan fingerprint density at radius 2 is 1.80 bits per heavy atom. The van der Waals surface area contributed by atoms with Gasteiger partial charge in [0.2, 0.25) is 5.91 Å². The third-order valence-corrected chi connectivity index (χ3v) is 8.01. The molecule has 0 saturated carbocycles. The van der Waals surface area contributed by atoms with Gasteiger partial charge >= 0.3 is 0 Å². The number of fused-ring (bicyclic) bond motifs is 1. The van der Waals surface area contributed by atoms with E-state index in [9.17, 15) is 9.59 Å². The Morgan fingerprint density at radius 1 is 0.933 bits per heavy atom. The highest BCUT2D eigenvalue weighted by Crippen LogP contribution is 2.39. The smallest absolute Gasteiger partial charge is 0.263 e. The number of nitrogens with zero attached hydrogens (tertiary/aromatic N) is 2. The van der Waals surface area contributed by atoms with Gasteiger partial charge in [-0.2, -0.15) is 0 Å². The van der Waals surface area contributed by atoms with Crippen molar-refractivity contribution in [1.82, 2.24) is 9.80 Å². The molecule has 1 saturated heterocycles. The van der Waals surface area contributed by atoms with Gasteiger partial charge in [-0.15, -0.1) is 22.7 Å². The number of likely N-dealkylation sites (tertiary alicyclic amines) is 1. The standard InChI is InChI=1S/C24H24N2O2S2/c27-23(18-8-4-12-25(16-18)24(28)21-9-5-14-29-21)26-13-10-20-19(11-15-30-20)22(26)17-6-2-1-3-7-17/h1-3,5-7,9,11,14-15,18,22H,4,8,10,12-13,16H2. The van der Waals surface area contributed by atoms with Crippen molar-refractivity contribution in [1.29, 1.82) is 0 Å². The molecule has 2 atom stereocenters. The monoisotopic (exact) mass is 436 g/mol. The van der Waals surface area contributed by atoms with E-state index in [0.717, 1.165) is 42.8 Å². The Hall–Kier alpha value is -2.44. The molecule has 0 spiro atoms. The zero-order valence-electron chi connectivity index (χ0n) is 16.7. The minimum Gasteiger partial charge on any atom is -0.337 e. The van der Waals surface area contributed by atoms with E-state index in [4.69, 9.17) is 0 Å². The Balaban J connectivity index is 1.40. The van der Waals surface area contributed by atoms with Gasteiger partial charge in [0.1, 0.15) is 0 Å². The first-order chi connectivity index (χ1) is 14.7. The van der Waals surface area contributed by atoms with Crippen LogP contribution in [0.2, 0.25) is 0 Å². The molecule has 5 rings (SSSR count). The minimum absolute atomic E-state index is 0.0305. The summed E-state index contributed by atoms with van der Waals surface area (Å²) in [5.74, 6) is 0.110. The van der Waals surface area contributed by atoms with Crippen LogP contribution in [0.1, 0.15) is 44.6 Å². The van der Waals surface area contributed by atoms with E-state index in [2.05, 4.69) is 28.5 Å². The molecule has 154 valence electrons. The molecule has 0 aliphatic carbocycles. The number of hydrogen-bond acceptors (Lipinski definition) is 4. The van der Waals surface area contributed by atoms with Gasteiger partial charge in [0.25, 0.3) is 5.91 Å². The molecular formula is C24H24N2O2S2. The van der Waals surface area contributed by atoms with Crippen LogP contribution in [0, 0.1) is 5.92 Å². The number of benzene rings is 1. The molecule has 30 heavy (non-hydrogen) atoms. The number of carbonyl (C=O) groups is 2. The summed E-state index contributed by atoms with van der Waals surface area (Å²) in [7, 11) is 0. The maximum Gasteiger partial charge on any atom is 0.263 e. The van der Waals surface area contributed by atoms with Crippen LogP contribution in [0.3, 0.4) is 0 Å². The van der Waals surface area contributed by atoms with Gasteiger partial charge in [0.05, 0.1) is 16.8 Å². The first-order valence-corrected chi connectivity index (χ1v) is 12.2. The zero-order chi connectivity index (χ0) is 20.5. The van der Waals surface area contributed by atoms with Crippen LogP contribution in [-0.4, -0.2) is 41.2 Å². The van der Waals surface area contributed by atoms with E-state index in [1.165, 1.54) is 21.8 Å². The number of carbonyl (C=O) groups excluding carboxylic acids is 2. The SMILES string of the molecule is O=C(c1cccs1)N1CCCC(C(=O)N2CCc3sccc3C2c2ccccc2)C1. The molecule has 4 nitrogen and oxygen atoms in total. The van der Waals surface area contributed by atoms with Gasteiger partial charge in [-0.25, -0.2) is 0 Å². The summed E-state index contributed by atoms with van der Waals surface area (Å²) in [5.41, 5.74) is 2.42. The Kier molecular flexibility index (Phi) is 5.44. The van der Waals surface area contributed by atoms with E-state index in [1.54, 1.807) is 11.3 Å². The highest BCUT2D eigenvalue weighted by atomic mass is 32.1. The molecule has 2 aliphatic heterocycles. The van der Waals surface area contributed by atoms with Crippen molar-refractivity contribution in [3.8, 4) is 0 Å². The second-order valence-electron chi connectivity index (χ2n) is 7.96. The first kappa shape index (κ1) is 19.5. The summed E-state index contributed by atoms with van der Waals surface area (Å²) in [6, 6.07) is 16.2. The minimum atomic E-state index is -0.130. The third kappa shape index (κ3) is 3.59. The molecule has 2 unspecified atom stereocenters. The highest BCUT2D eigenvalue weighted by Gasteiger charge is 2.38. The van der Waals surface area contributed by atoms with E-state index in [-0.39, 0.29) is 23.8 Å². The lowest BCUT2D eigenvalue weighted by molar-refractivity contribution is -0.139. The van der Waals surface area contributed by atoms with Crippen molar-refractivity contribution in [3.63, 3.8) is 0 Å². The van der Waals surface area contributed by atoms with Crippen molar-refractivity contribution < 1.29 is 9.59 Å². The number of piperidine rings is 1. The zero-order valence-corrected chi connectivity index (χ0v) is 18.3. The van der Waals surface area contributed by atoms with Crippen LogP contribution >= 0.6 is 22.7 Å². The van der Waals surface area contributed by atoms with Gasteiger partial charge in [-0.05, 0) is 53.3 Å². The molecule has 1 fully saturated rings. The number of amides is 2. The van der Waals surface area contributed by atoms with E-state index < -0.39 is 0 Å². The fourth-order valence-electron chi connectivity index (χ4n) is 4.70. The molecule has 3 aromatic rings. The van der Waals surface area contributed by atoms with Crippen LogP contribution in [0.5, 0.6) is 0 Å². The van der Waals surface area contributed by atoms with Crippen LogP contribution in [-0.2, 0) is 11.2 Å². The lowest BCUT2D eigenvalue weighted by atomic mass is 9.90. The van der Waals surface area contributed by atoms with Gasteiger partial charge in [-0.1, -0.05) is 36.4 Å². The number of hydrogen-bond donors (Lipinski definition) is 0. The molecule has 0 bridgehead atoms. The number of thiophene rings is 2. The van der Waals surface area contributed by atoms with E-state index in [1.807, 2.05) is 40.6 Å². The van der Waals surface area contributed by atoms with Crippen LogP contribution in [0.4, 0.5) is 0 Å². The van der Waals surface area contributed by atoms with Crippen molar-refractivity contribution in [2.45, 2.75) is 25.3 Å². The molecular weight excluding hydrogens is 412 g/mol. The molecule has 1 aromatic carbocycles. The van der Waals surface area contributed by atoms with Crippen molar-refractivity contribution >= 4 is 34.5 Å². The van der Waals surface area contributed by atoms with Crippen molar-refractivity contribution in [2.75, 3.05) is 19.6 Å². The second-order valence-corrected chi connectivity index (χ2v) is 9.91. The van der Waals surface area contributed by atoms with Crippen molar-refractivity contribution in [2.24, 2.45) is 5.92 Å². The van der Waals surface area contributed by atoms with Gasteiger partial charge < -0.3 is 9.80 Å². The van der Waals surface area contributed by atoms with Crippen LogP contribution in [0.25, 0.3) is 0 Å². The average Bonchev–Trinajstić information content (AvgIpc) is 3.50. The summed E-state index contributed by atoms with van der Waals surface area (Å²) in [4.78, 5) is 32.6. The second kappa shape index (κ2) is 8.36. The predicted molar refractivity (Wildman–Crippen MR) is 121 cm³/mol. The summed E-state index contributed by atoms with van der Waals surface area (Å²) >= 11 is 3.25. The molecule has 6 heteroatoms. The molecule has 0 N–H and O–H groups in total. The van der Waals surface area contributed by atoms with Gasteiger partial charge in [-0.3, -0.25) is 9.59 Å². The normalized spacial score (nSPS) is 21.3. The predicted octanol–water partition coefficient (Wildman–Crippen LogP) is 4.84. The van der Waals surface area contributed by atoms with Gasteiger partial charge in [0.15, 0.2) is 0 Å². The fraction of sp³-hybridized carbons (Fsp3) is 0.333. The summed E-state index contributed by atoms with van der Waals surface area (Å²) in [5, 5.41) is 4.06. The molecule has 0 radical (unpaired) electrons. The molecule has 2 amide bonds. The highest BCUT2D eigenvalue weighted by molar-refractivity contribution is 7.12. The number of rotatable bonds is 3. The molecule has 2 aliphatic rings. The molecule has 2 aromatic heterocycles. The quantitative estimate of drug-likeness (QED) is 0.590.